The van der Waals surface area contributed by atoms with Gasteiger partial charge in [0, 0.05) is 6.04 Å². The maximum absolute atomic E-state index is 9.79. The molecule has 0 aliphatic carbocycles. The summed E-state index contributed by atoms with van der Waals surface area (Å²) in [6.07, 6.45) is 18.2. The van der Waals surface area contributed by atoms with Crippen LogP contribution in [0.5, 0.6) is 0 Å². The van der Waals surface area contributed by atoms with Gasteiger partial charge in [0.1, 0.15) is 0 Å². The van der Waals surface area contributed by atoms with Gasteiger partial charge in [-0.05, 0) is 12.8 Å². The molecular weight excluding hydrogens is 262 g/mol. The molecule has 21 heavy (non-hydrogen) atoms. The van der Waals surface area contributed by atoms with Gasteiger partial charge in [-0.1, -0.05) is 76.9 Å². The molecule has 1 aliphatic rings. The van der Waals surface area contributed by atoms with E-state index >= 15 is 0 Å². The molecule has 1 aliphatic heterocycles. The zero-order valence-corrected chi connectivity index (χ0v) is 13.8. The van der Waals surface area contributed by atoms with Crippen LogP contribution in [0.25, 0.3) is 0 Å². The van der Waals surface area contributed by atoms with E-state index in [2.05, 4.69) is 18.3 Å². The van der Waals surface area contributed by atoms with Gasteiger partial charge in [0.2, 0.25) is 0 Å². The molecule has 1 heterocycles. The fourth-order valence-corrected chi connectivity index (χ4v) is 2.80. The van der Waals surface area contributed by atoms with Gasteiger partial charge < -0.3 is 15.5 Å². The summed E-state index contributed by atoms with van der Waals surface area (Å²) in [5.74, 6) is 0. The molecule has 0 amide bonds. The van der Waals surface area contributed by atoms with Crippen molar-refractivity contribution in [3.63, 3.8) is 0 Å². The first-order valence-electron chi connectivity index (χ1n) is 9.01. The summed E-state index contributed by atoms with van der Waals surface area (Å²) >= 11 is 0. The van der Waals surface area contributed by atoms with Crippen LogP contribution >= 0.6 is 0 Å². The normalized spacial score (nSPS) is 22.8. The van der Waals surface area contributed by atoms with Crippen LogP contribution in [0.2, 0.25) is 0 Å². The Labute approximate surface area is 130 Å². The molecule has 3 nitrogen and oxygen atoms in total. The van der Waals surface area contributed by atoms with Crippen molar-refractivity contribution in [2.45, 2.75) is 95.7 Å². The van der Waals surface area contributed by atoms with E-state index in [1.165, 1.54) is 64.2 Å². The Balaban J connectivity index is 1.80. The Kier molecular flexibility index (Phi) is 10.8. The SMILES string of the molecule is CCCCCCCCCCCC/C=C/[C@H](O)[C@@H]1N[C@@H]1CO. The molecular formula is C18H35NO2. The molecule has 0 unspecified atom stereocenters. The Morgan fingerprint density at radius 3 is 2.05 bits per heavy atom. The molecule has 1 rings (SSSR count). The standard InChI is InChI=1S/C18H35NO2/c1-2-3-4-5-6-7-8-9-10-11-12-13-14-17(21)18-16(15-20)19-18/h13-14,16-21H,2-12,15H2,1H3/b14-13+/t16-,17+,18-/m1/s1. The number of unbranched alkanes of at least 4 members (excludes halogenated alkanes) is 10. The average Bonchev–Trinajstić information content (AvgIpc) is 3.28. The number of hydrogen-bond donors (Lipinski definition) is 3. The molecule has 0 spiro atoms. The number of aliphatic hydroxyl groups is 2. The summed E-state index contributed by atoms with van der Waals surface area (Å²) in [6.45, 7) is 2.38. The number of rotatable bonds is 14. The Hall–Kier alpha value is -0.380. The fraction of sp³-hybridized carbons (Fsp3) is 0.889. The molecule has 1 fully saturated rings. The van der Waals surface area contributed by atoms with Crippen molar-refractivity contribution in [3.05, 3.63) is 12.2 Å². The molecule has 3 atom stereocenters. The lowest BCUT2D eigenvalue weighted by Gasteiger charge is -2.02. The van der Waals surface area contributed by atoms with E-state index in [4.69, 9.17) is 5.11 Å². The summed E-state index contributed by atoms with van der Waals surface area (Å²) in [5, 5.41) is 21.8. The lowest BCUT2D eigenvalue weighted by atomic mass is 10.1. The predicted octanol–water partition coefficient (Wildman–Crippen LogP) is 3.55. The second-order valence-electron chi connectivity index (χ2n) is 6.37. The minimum absolute atomic E-state index is 0.0685. The van der Waals surface area contributed by atoms with Crippen molar-refractivity contribution in [2.24, 2.45) is 0 Å². The van der Waals surface area contributed by atoms with Crippen LogP contribution in [-0.2, 0) is 0 Å². The molecule has 0 bridgehead atoms. The monoisotopic (exact) mass is 297 g/mol. The van der Waals surface area contributed by atoms with Crippen molar-refractivity contribution >= 4 is 0 Å². The molecule has 3 N–H and O–H groups in total. The first-order valence-corrected chi connectivity index (χ1v) is 9.01. The number of hydrogen-bond acceptors (Lipinski definition) is 3. The van der Waals surface area contributed by atoms with Crippen LogP contribution in [0.1, 0.15) is 77.6 Å². The van der Waals surface area contributed by atoms with E-state index < -0.39 is 6.10 Å². The third kappa shape index (κ3) is 9.28. The third-order valence-corrected chi connectivity index (χ3v) is 4.35. The van der Waals surface area contributed by atoms with Crippen LogP contribution < -0.4 is 5.32 Å². The van der Waals surface area contributed by atoms with E-state index in [1.807, 2.05) is 6.08 Å². The second kappa shape index (κ2) is 12.2. The summed E-state index contributed by atoms with van der Waals surface area (Å²) in [4.78, 5) is 0. The largest absolute Gasteiger partial charge is 0.395 e. The van der Waals surface area contributed by atoms with Crippen LogP contribution in [-0.4, -0.2) is 35.0 Å². The van der Waals surface area contributed by atoms with Crippen molar-refractivity contribution in [2.75, 3.05) is 6.61 Å². The number of allylic oxidation sites excluding steroid dienone is 1. The van der Waals surface area contributed by atoms with Crippen LogP contribution in [0.3, 0.4) is 0 Å². The molecule has 0 aromatic rings. The number of aliphatic hydroxyl groups excluding tert-OH is 2. The van der Waals surface area contributed by atoms with Gasteiger partial charge in [-0.2, -0.15) is 0 Å². The van der Waals surface area contributed by atoms with E-state index in [0.29, 0.717) is 0 Å². The van der Waals surface area contributed by atoms with E-state index in [9.17, 15) is 5.11 Å². The lowest BCUT2D eigenvalue weighted by Crippen LogP contribution is -2.15. The summed E-state index contributed by atoms with van der Waals surface area (Å²) in [5.41, 5.74) is 0. The van der Waals surface area contributed by atoms with E-state index in [0.717, 1.165) is 6.42 Å². The Bertz CT molecular complexity index is 268. The first-order chi connectivity index (χ1) is 10.3. The molecule has 0 radical (unpaired) electrons. The fourth-order valence-electron chi connectivity index (χ4n) is 2.80. The highest BCUT2D eigenvalue weighted by Crippen LogP contribution is 2.16. The molecule has 0 aromatic heterocycles. The number of nitrogens with one attached hydrogen (secondary N) is 1. The predicted molar refractivity (Wildman–Crippen MR) is 89.4 cm³/mol. The molecule has 0 saturated carbocycles. The first kappa shape index (κ1) is 18.7. The van der Waals surface area contributed by atoms with Crippen LogP contribution in [0.4, 0.5) is 0 Å². The van der Waals surface area contributed by atoms with Crippen LogP contribution in [0, 0.1) is 0 Å². The van der Waals surface area contributed by atoms with Crippen LogP contribution in [0.15, 0.2) is 12.2 Å². The summed E-state index contributed by atoms with van der Waals surface area (Å²) < 4.78 is 0. The van der Waals surface area contributed by atoms with Gasteiger partial charge >= 0.3 is 0 Å². The van der Waals surface area contributed by atoms with Crippen molar-refractivity contribution in [1.82, 2.24) is 5.32 Å². The Morgan fingerprint density at radius 2 is 1.52 bits per heavy atom. The maximum atomic E-state index is 9.79. The van der Waals surface area contributed by atoms with E-state index in [-0.39, 0.29) is 18.7 Å². The van der Waals surface area contributed by atoms with Crippen molar-refractivity contribution < 1.29 is 10.2 Å². The highest BCUT2D eigenvalue weighted by Gasteiger charge is 2.39. The van der Waals surface area contributed by atoms with Gasteiger partial charge in [0.05, 0.1) is 18.8 Å². The maximum Gasteiger partial charge on any atom is 0.0890 e. The topological polar surface area (TPSA) is 62.4 Å². The third-order valence-electron chi connectivity index (χ3n) is 4.35. The van der Waals surface area contributed by atoms with Crippen molar-refractivity contribution in [3.8, 4) is 0 Å². The van der Waals surface area contributed by atoms with Gasteiger partial charge in [-0.25, -0.2) is 0 Å². The molecule has 124 valence electrons. The van der Waals surface area contributed by atoms with Gasteiger partial charge in [0.15, 0.2) is 0 Å². The molecule has 0 aromatic carbocycles. The highest BCUT2D eigenvalue weighted by molar-refractivity contribution is 5.09. The van der Waals surface area contributed by atoms with Gasteiger partial charge in [-0.3, -0.25) is 0 Å². The molecule has 3 heteroatoms. The zero-order valence-electron chi connectivity index (χ0n) is 13.8. The molecule has 1 saturated heterocycles. The Morgan fingerprint density at radius 1 is 0.952 bits per heavy atom. The zero-order chi connectivity index (χ0) is 15.3. The quantitative estimate of drug-likeness (QED) is 0.261. The minimum atomic E-state index is -0.440. The smallest absolute Gasteiger partial charge is 0.0890 e. The average molecular weight is 297 g/mol. The van der Waals surface area contributed by atoms with E-state index in [1.54, 1.807) is 0 Å². The highest BCUT2D eigenvalue weighted by atomic mass is 16.3. The van der Waals surface area contributed by atoms with Gasteiger partial charge in [-0.15, -0.1) is 0 Å². The second-order valence-corrected chi connectivity index (χ2v) is 6.37. The van der Waals surface area contributed by atoms with Gasteiger partial charge in [0.25, 0.3) is 0 Å². The summed E-state index contributed by atoms with van der Waals surface area (Å²) in [6, 6.07) is 0.168. The summed E-state index contributed by atoms with van der Waals surface area (Å²) in [7, 11) is 0. The minimum Gasteiger partial charge on any atom is -0.395 e. The lowest BCUT2D eigenvalue weighted by molar-refractivity contribution is 0.210. The van der Waals surface area contributed by atoms with Crippen molar-refractivity contribution in [1.29, 1.82) is 0 Å².